The Morgan fingerprint density at radius 2 is 1.05 bits per heavy atom. The van der Waals surface area contributed by atoms with E-state index in [1.165, 1.54) is 60.5 Å². The maximum Gasteiger partial charge on any atom is 0.143 e. The number of fused-ring (bicyclic) bond motifs is 9. The van der Waals surface area contributed by atoms with E-state index in [-0.39, 0.29) is 0 Å². The zero-order chi connectivity index (χ0) is 42.8. The van der Waals surface area contributed by atoms with Gasteiger partial charge in [0.05, 0.1) is 28.1 Å². The van der Waals surface area contributed by atoms with Crippen LogP contribution in [-0.4, -0.2) is 4.57 Å². The van der Waals surface area contributed by atoms with Crippen LogP contribution in [0, 0.1) is 0 Å². The van der Waals surface area contributed by atoms with Gasteiger partial charge in [0.15, 0.2) is 0 Å². The largest absolute Gasteiger partial charge is 0.455 e. The smallest absolute Gasteiger partial charge is 0.143 e. The van der Waals surface area contributed by atoms with E-state index in [1.54, 1.807) is 0 Å². The topological polar surface area (TPSA) is 21.3 Å². The molecule has 2 aromatic heterocycles. The summed E-state index contributed by atoms with van der Waals surface area (Å²) in [5.41, 5.74) is 18.3. The highest BCUT2D eigenvalue weighted by atomic mass is 16.3. The second-order valence-electron chi connectivity index (χ2n) is 17.1. The lowest BCUT2D eigenvalue weighted by atomic mass is 9.88. The van der Waals surface area contributed by atoms with Gasteiger partial charge in [0.25, 0.3) is 0 Å². The average Bonchev–Trinajstić information content (AvgIpc) is 3.93. The molecule has 10 aromatic carbocycles. The average molecular weight is 831 g/mol. The van der Waals surface area contributed by atoms with Crippen molar-refractivity contribution in [2.75, 3.05) is 4.90 Å². The molecule has 13 rings (SSSR count). The van der Waals surface area contributed by atoms with Gasteiger partial charge in [0.2, 0.25) is 0 Å². The summed E-state index contributed by atoms with van der Waals surface area (Å²) in [6.07, 6.45) is 4.42. The van der Waals surface area contributed by atoms with E-state index >= 15 is 0 Å². The van der Waals surface area contributed by atoms with Gasteiger partial charge in [-0.25, -0.2) is 0 Å². The monoisotopic (exact) mass is 830 g/mol. The fraction of sp³-hybridized carbons (Fsp3) is 0.0323. The van der Waals surface area contributed by atoms with Crippen LogP contribution in [0.15, 0.2) is 235 Å². The van der Waals surface area contributed by atoms with Crippen molar-refractivity contribution in [3.8, 4) is 39.1 Å². The van der Waals surface area contributed by atoms with Crippen molar-refractivity contribution >= 4 is 71.6 Å². The van der Waals surface area contributed by atoms with Gasteiger partial charge in [0, 0.05) is 49.5 Å². The Morgan fingerprint density at radius 3 is 1.86 bits per heavy atom. The molecule has 306 valence electrons. The fourth-order valence-corrected chi connectivity index (χ4v) is 10.5. The molecule has 1 aliphatic rings. The van der Waals surface area contributed by atoms with Gasteiger partial charge in [0.1, 0.15) is 11.2 Å². The Morgan fingerprint density at radius 1 is 0.431 bits per heavy atom. The first-order chi connectivity index (χ1) is 32.3. The van der Waals surface area contributed by atoms with Gasteiger partial charge in [-0.3, -0.25) is 0 Å². The van der Waals surface area contributed by atoms with Crippen molar-refractivity contribution in [1.82, 2.24) is 4.57 Å². The summed E-state index contributed by atoms with van der Waals surface area (Å²) in [6, 6.07) is 81.7. The molecule has 0 bridgehead atoms. The summed E-state index contributed by atoms with van der Waals surface area (Å²) in [7, 11) is 0. The minimum absolute atomic E-state index is 0.906. The second-order valence-corrected chi connectivity index (χ2v) is 17.1. The zero-order valence-corrected chi connectivity index (χ0v) is 35.7. The Hall–Kier alpha value is -8.40. The third-order valence-corrected chi connectivity index (χ3v) is 13.5. The lowest BCUT2D eigenvalue weighted by molar-refractivity contribution is 0.670. The molecular formula is C62H42N2O. The van der Waals surface area contributed by atoms with E-state index in [2.05, 4.69) is 234 Å². The van der Waals surface area contributed by atoms with Crippen LogP contribution >= 0.6 is 0 Å². The molecule has 0 radical (unpaired) electrons. The highest BCUT2D eigenvalue weighted by Gasteiger charge is 2.26. The van der Waals surface area contributed by atoms with Crippen LogP contribution < -0.4 is 4.90 Å². The molecule has 1 aliphatic carbocycles. The lowest BCUT2D eigenvalue weighted by Crippen LogP contribution is -2.19. The second kappa shape index (κ2) is 15.1. The van der Waals surface area contributed by atoms with Gasteiger partial charge in [-0.05, 0) is 94.4 Å². The molecule has 0 fully saturated rings. The van der Waals surface area contributed by atoms with Gasteiger partial charge in [-0.1, -0.05) is 182 Å². The standard InChI is InChI=1S/C62H42N2O/c1-2-22-49-41(16-1)34-35-43-17-14-32-59(61(43)49)63(46-38-36-42(37-39-46)50-26-15-27-54-53-25-7-12-33-60(53)65-62(50)54)55-28-8-3-20-47(55)44-18-13-19-45(40-44)48-21-4-9-29-56(48)64-57-30-10-5-23-51(57)52-24-6-11-31-58(52)64/h1-13,15-16,18-40H,14,17H2. The number of rotatable bonds is 7. The number of para-hydroxylation sites is 6. The fourth-order valence-electron chi connectivity index (χ4n) is 10.5. The molecule has 0 saturated heterocycles. The number of benzene rings is 10. The Kier molecular flexibility index (Phi) is 8.67. The molecule has 0 unspecified atom stereocenters. The summed E-state index contributed by atoms with van der Waals surface area (Å²) in [4.78, 5) is 2.50. The van der Waals surface area contributed by atoms with Gasteiger partial charge >= 0.3 is 0 Å². The number of anilines is 2. The minimum Gasteiger partial charge on any atom is -0.455 e. The van der Waals surface area contributed by atoms with Crippen LogP contribution in [-0.2, 0) is 6.42 Å². The molecule has 0 N–H and O–H groups in total. The van der Waals surface area contributed by atoms with E-state index in [0.29, 0.717) is 0 Å². The van der Waals surface area contributed by atoms with Crippen molar-refractivity contribution in [3.63, 3.8) is 0 Å². The molecule has 0 atom stereocenters. The third kappa shape index (κ3) is 6.04. The zero-order valence-electron chi connectivity index (χ0n) is 35.7. The van der Waals surface area contributed by atoms with E-state index in [9.17, 15) is 0 Å². The molecule has 12 aromatic rings. The highest BCUT2D eigenvalue weighted by molar-refractivity contribution is 6.11. The summed E-state index contributed by atoms with van der Waals surface area (Å²) in [6.45, 7) is 0. The number of allylic oxidation sites excluding steroid dienone is 1. The number of hydrogen-bond donors (Lipinski definition) is 0. The number of aryl methyl sites for hydroxylation is 1. The van der Waals surface area contributed by atoms with Crippen molar-refractivity contribution in [2.24, 2.45) is 0 Å². The van der Waals surface area contributed by atoms with Gasteiger partial charge in [-0.2, -0.15) is 0 Å². The highest BCUT2D eigenvalue weighted by Crippen LogP contribution is 2.46. The van der Waals surface area contributed by atoms with Crippen LogP contribution in [0.4, 0.5) is 11.4 Å². The predicted octanol–water partition coefficient (Wildman–Crippen LogP) is 17.0. The van der Waals surface area contributed by atoms with Crippen molar-refractivity contribution in [3.05, 3.63) is 242 Å². The quantitative estimate of drug-likeness (QED) is 0.160. The summed E-state index contributed by atoms with van der Waals surface area (Å²) in [5, 5.41) is 7.30. The Bertz CT molecular complexity index is 3790. The third-order valence-electron chi connectivity index (χ3n) is 13.5. The SMILES string of the molecule is C1=C(N(c2ccc(-c3cccc4c3oc3ccccc34)cc2)c2ccccc2-c2cccc(-c3ccccc3-n3c4ccccc4c4ccccc43)c2)c2c(ccc3ccccc23)CC1. The maximum atomic E-state index is 6.51. The van der Waals surface area contributed by atoms with Crippen LogP contribution in [0.25, 0.3) is 99.3 Å². The molecule has 2 heterocycles. The van der Waals surface area contributed by atoms with Crippen LogP contribution in [0.5, 0.6) is 0 Å². The maximum absolute atomic E-state index is 6.51. The predicted molar refractivity (Wildman–Crippen MR) is 273 cm³/mol. The molecule has 0 amide bonds. The molecule has 0 saturated carbocycles. The number of furan rings is 1. The molecule has 0 spiro atoms. The van der Waals surface area contributed by atoms with Crippen LogP contribution in [0.3, 0.4) is 0 Å². The molecule has 3 nitrogen and oxygen atoms in total. The minimum atomic E-state index is 0.906. The van der Waals surface area contributed by atoms with E-state index in [1.807, 2.05) is 6.07 Å². The Labute approximate surface area is 377 Å². The molecule has 65 heavy (non-hydrogen) atoms. The molecular weight excluding hydrogens is 789 g/mol. The van der Waals surface area contributed by atoms with E-state index in [0.717, 1.165) is 74.1 Å². The van der Waals surface area contributed by atoms with Gasteiger partial charge < -0.3 is 13.9 Å². The van der Waals surface area contributed by atoms with Gasteiger partial charge in [-0.15, -0.1) is 0 Å². The number of nitrogens with zero attached hydrogens (tertiary/aromatic N) is 2. The molecule has 3 heteroatoms. The van der Waals surface area contributed by atoms with Crippen LogP contribution in [0.2, 0.25) is 0 Å². The first kappa shape index (κ1) is 37.2. The number of aromatic nitrogens is 1. The summed E-state index contributed by atoms with van der Waals surface area (Å²) < 4.78 is 8.94. The molecule has 0 aliphatic heterocycles. The van der Waals surface area contributed by atoms with Crippen molar-refractivity contribution in [2.45, 2.75) is 12.8 Å². The first-order valence-electron chi connectivity index (χ1n) is 22.6. The van der Waals surface area contributed by atoms with E-state index < -0.39 is 0 Å². The summed E-state index contributed by atoms with van der Waals surface area (Å²) >= 11 is 0. The first-order valence-corrected chi connectivity index (χ1v) is 22.6. The van der Waals surface area contributed by atoms with Crippen molar-refractivity contribution in [1.29, 1.82) is 0 Å². The van der Waals surface area contributed by atoms with E-state index in [4.69, 9.17) is 4.42 Å². The van der Waals surface area contributed by atoms with Crippen LogP contribution in [0.1, 0.15) is 17.5 Å². The lowest BCUT2D eigenvalue weighted by Gasteiger charge is -2.33. The van der Waals surface area contributed by atoms with Crippen molar-refractivity contribution < 1.29 is 4.42 Å². The summed E-state index contributed by atoms with van der Waals surface area (Å²) in [5.74, 6) is 0. The normalized spacial score (nSPS) is 12.6. The Balaban J connectivity index is 0.978. The number of hydrogen-bond acceptors (Lipinski definition) is 2.